The first-order chi connectivity index (χ1) is 14.6. The number of rotatable bonds is 4. The van der Waals surface area contributed by atoms with Gasteiger partial charge in [0.05, 0.1) is 10.6 Å². The van der Waals surface area contributed by atoms with Gasteiger partial charge in [-0.1, -0.05) is 18.2 Å². The number of piperidine rings is 1. The van der Waals surface area contributed by atoms with Crippen molar-refractivity contribution >= 4 is 21.8 Å². The van der Waals surface area contributed by atoms with Gasteiger partial charge in [0.1, 0.15) is 12.4 Å². The third-order valence-electron chi connectivity index (χ3n) is 5.28. The van der Waals surface area contributed by atoms with E-state index in [1.165, 1.54) is 4.31 Å². The van der Waals surface area contributed by atoms with Gasteiger partial charge in [-0.25, -0.2) is 13.2 Å². The van der Waals surface area contributed by atoms with Gasteiger partial charge >= 0.3 is 12.5 Å². The Balaban J connectivity index is 1.45. The number of alkyl halides is 3. The SMILES string of the molecule is O=C1OCc2ccccc2N1C1CCN(S(=O)(=O)c2ccc(OC(F)(F)F)cc2)CC1. The summed E-state index contributed by atoms with van der Waals surface area (Å²) in [6.07, 6.45) is -4.51. The molecule has 1 fully saturated rings. The number of para-hydroxylation sites is 1. The number of ether oxygens (including phenoxy) is 2. The fourth-order valence-corrected chi connectivity index (χ4v) is 5.29. The van der Waals surface area contributed by atoms with Gasteiger partial charge in [-0.15, -0.1) is 13.2 Å². The van der Waals surface area contributed by atoms with Crippen molar-refractivity contribution in [3.8, 4) is 5.75 Å². The van der Waals surface area contributed by atoms with Crippen LogP contribution < -0.4 is 9.64 Å². The summed E-state index contributed by atoms with van der Waals surface area (Å²) in [6, 6.07) is 11.3. The van der Waals surface area contributed by atoms with Crippen LogP contribution in [0.3, 0.4) is 0 Å². The molecule has 2 aliphatic rings. The normalized spacial score (nSPS) is 18.4. The van der Waals surface area contributed by atoms with Gasteiger partial charge in [-0.2, -0.15) is 4.31 Å². The van der Waals surface area contributed by atoms with Crippen LogP contribution in [0.25, 0.3) is 0 Å². The summed E-state index contributed by atoms with van der Waals surface area (Å²) in [7, 11) is -3.89. The Hall–Kier alpha value is -2.79. The number of hydrogen-bond acceptors (Lipinski definition) is 5. The van der Waals surface area contributed by atoms with E-state index in [-0.39, 0.29) is 30.6 Å². The van der Waals surface area contributed by atoms with Crippen molar-refractivity contribution in [1.29, 1.82) is 0 Å². The van der Waals surface area contributed by atoms with Gasteiger partial charge in [0.15, 0.2) is 0 Å². The Bertz CT molecular complexity index is 1060. The molecule has 1 amide bonds. The van der Waals surface area contributed by atoms with Crippen molar-refractivity contribution in [3.63, 3.8) is 0 Å². The number of sulfonamides is 1. The number of cyclic esters (lactones) is 1. The second-order valence-corrected chi connectivity index (χ2v) is 9.15. The Labute approximate surface area is 177 Å². The molecule has 2 aromatic rings. The average molecular weight is 456 g/mol. The fraction of sp³-hybridized carbons (Fsp3) is 0.350. The van der Waals surface area contributed by atoms with Crippen LogP contribution in [-0.4, -0.2) is 44.3 Å². The van der Waals surface area contributed by atoms with Gasteiger partial charge in [0, 0.05) is 24.7 Å². The van der Waals surface area contributed by atoms with Crippen LogP contribution in [-0.2, 0) is 21.4 Å². The molecule has 2 aromatic carbocycles. The van der Waals surface area contributed by atoms with Crippen molar-refractivity contribution in [2.75, 3.05) is 18.0 Å². The number of fused-ring (bicyclic) bond motifs is 1. The fourth-order valence-electron chi connectivity index (χ4n) is 3.82. The molecule has 0 unspecified atom stereocenters. The number of carbonyl (C=O) groups excluding carboxylic acids is 1. The smallest absolute Gasteiger partial charge is 0.444 e. The number of amides is 1. The molecule has 2 aliphatic heterocycles. The molecule has 0 aliphatic carbocycles. The molecular weight excluding hydrogens is 437 g/mol. The van der Waals surface area contributed by atoms with E-state index in [4.69, 9.17) is 4.74 Å². The third kappa shape index (κ3) is 4.47. The minimum atomic E-state index is -4.85. The summed E-state index contributed by atoms with van der Waals surface area (Å²) in [4.78, 5) is 13.8. The van der Waals surface area contributed by atoms with E-state index in [0.717, 1.165) is 35.5 Å². The van der Waals surface area contributed by atoms with E-state index >= 15 is 0 Å². The molecule has 4 rings (SSSR count). The molecule has 0 radical (unpaired) electrons. The van der Waals surface area contributed by atoms with Gasteiger partial charge in [-0.3, -0.25) is 4.90 Å². The summed E-state index contributed by atoms with van der Waals surface area (Å²) in [6.45, 7) is 0.534. The number of benzene rings is 2. The van der Waals surface area contributed by atoms with Gasteiger partial charge in [-0.05, 0) is 43.2 Å². The lowest BCUT2D eigenvalue weighted by Gasteiger charge is -2.39. The van der Waals surface area contributed by atoms with Crippen molar-refractivity contribution in [3.05, 3.63) is 54.1 Å². The van der Waals surface area contributed by atoms with Gasteiger partial charge in [0.25, 0.3) is 0 Å². The number of hydrogen-bond donors (Lipinski definition) is 0. The van der Waals surface area contributed by atoms with Crippen LogP contribution in [0.4, 0.5) is 23.7 Å². The lowest BCUT2D eigenvalue weighted by molar-refractivity contribution is -0.274. The first-order valence-electron chi connectivity index (χ1n) is 9.55. The van der Waals surface area contributed by atoms with E-state index in [0.29, 0.717) is 12.8 Å². The van der Waals surface area contributed by atoms with Crippen molar-refractivity contribution in [2.24, 2.45) is 0 Å². The molecule has 0 saturated carbocycles. The van der Waals surface area contributed by atoms with E-state index in [2.05, 4.69) is 4.74 Å². The highest BCUT2D eigenvalue weighted by molar-refractivity contribution is 7.89. The molecule has 1 saturated heterocycles. The number of nitrogens with zero attached hydrogens (tertiary/aromatic N) is 2. The topological polar surface area (TPSA) is 76.2 Å². The van der Waals surface area contributed by atoms with Crippen LogP contribution in [0.1, 0.15) is 18.4 Å². The van der Waals surface area contributed by atoms with Crippen molar-refractivity contribution < 1.29 is 35.9 Å². The monoisotopic (exact) mass is 456 g/mol. The second-order valence-electron chi connectivity index (χ2n) is 7.21. The van der Waals surface area contributed by atoms with Crippen molar-refractivity contribution in [1.82, 2.24) is 4.31 Å². The number of carbonyl (C=O) groups is 1. The second kappa shape index (κ2) is 8.04. The molecule has 0 N–H and O–H groups in total. The summed E-state index contributed by atoms with van der Waals surface area (Å²) < 4.78 is 72.9. The molecule has 31 heavy (non-hydrogen) atoms. The van der Waals surface area contributed by atoms with E-state index in [1.807, 2.05) is 24.3 Å². The van der Waals surface area contributed by atoms with E-state index in [9.17, 15) is 26.4 Å². The Morgan fingerprint density at radius 2 is 1.65 bits per heavy atom. The predicted molar refractivity (Wildman–Crippen MR) is 104 cm³/mol. The zero-order chi connectivity index (χ0) is 22.2. The first kappa shape index (κ1) is 21.4. The quantitative estimate of drug-likeness (QED) is 0.698. The molecule has 0 spiro atoms. The average Bonchev–Trinajstić information content (AvgIpc) is 2.73. The Kier molecular flexibility index (Phi) is 5.56. The predicted octanol–water partition coefficient (Wildman–Crippen LogP) is 3.90. The number of anilines is 1. The summed E-state index contributed by atoms with van der Waals surface area (Å²) in [5.41, 5.74) is 1.65. The van der Waals surface area contributed by atoms with Crippen LogP contribution in [0.5, 0.6) is 5.75 Å². The molecule has 11 heteroatoms. The molecule has 0 atom stereocenters. The summed E-state index contributed by atoms with van der Waals surface area (Å²) in [5.74, 6) is -0.493. The Morgan fingerprint density at radius 3 is 2.29 bits per heavy atom. The van der Waals surface area contributed by atoms with Crippen LogP contribution >= 0.6 is 0 Å². The lowest BCUT2D eigenvalue weighted by atomic mass is 10.0. The molecule has 166 valence electrons. The molecule has 7 nitrogen and oxygen atoms in total. The first-order valence-corrected chi connectivity index (χ1v) is 11.0. The maximum atomic E-state index is 12.9. The molecule has 0 aromatic heterocycles. The maximum absolute atomic E-state index is 12.9. The molecular formula is C20H19F3N2O5S. The summed E-state index contributed by atoms with van der Waals surface area (Å²) >= 11 is 0. The van der Waals surface area contributed by atoms with Crippen LogP contribution in [0, 0.1) is 0 Å². The standard InChI is InChI=1S/C20H19F3N2O5S/c21-20(22,23)30-16-5-7-17(8-6-16)31(27,28)24-11-9-15(10-12-24)25-18-4-2-1-3-14(18)13-29-19(25)26/h1-8,15H,9-13H2. The minimum Gasteiger partial charge on any atom is -0.444 e. The largest absolute Gasteiger partial charge is 0.573 e. The summed E-state index contributed by atoms with van der Waals surface area (Å²) in [5, 5.41) is 0. The molecule has 2 heterocycles. The zero-order valence-corrected chi connectivity index (χ0v) is 17.0. The van der Waals surface area contributed by atoms with Crippen LogP contribution in [0.2, 0.25) is 0 Å². The lowest BCUT2D eigenvalue weighted by Crippen LogP contribution is -2.50. The highest BCUT2D eigenvalue weighted by atomic mass is 32.2. The highest BCUT2D eigenvalue weighted by Gasteiger charge is 2.37. The van der Waals surface area contributed by atoms with E-state index in [1.54, 1.807) is 4.90 Å². The van der Waals surface area contributed by atoms with Gasteiger partial charge in [0.2, 0.25) is 10.0 Å². The van der Waals surface area contributed by atoms with E-state index < -0.39 is 28.2 Å². The van der Waals surface area contributed by atoms with Gasteiger partial charge < -0.3 is 9.47 Å². The van der Waals surface area contributed by atoms with Crippen molar-refractivity contribution in [2.45, 2.75) is 36.7 Å². The number of halogens is 3. The van der Waals surface area contributed by atoms with Crippen LogP contribution in [0.15, 0.2) is 53.4 Å². The molecule has 0 bridgehead atoms. The Morgan fingerprint density at radius 1 is 1.00 bits per heavy atom. The minimum absolute atomic E-state index is 0.122. The maximum Gasteiger partial charge on any atom is 0.573 e. The highest BCUT2D eigenvalue weighted by Crippen LogP contribution is 2.33. The third-order valence-corrected chi connectivity index (χ3v) is 7.20. The zero-order valence-electron chi connectivity index (χ0n) is 16.2.